The fraction of sp³-hybridized carbons (Fsp3) is 0.108. The van der Waals surface area contributed by atoms with E-state index in [1.165, 1.54) is 11.3 Å². The van der Waals surface area contributed by atoms with Crippen molar-refractivity contribution in [3.05, 3.63) is 166 Å². The van der Waals surface area contributed by atoms with Gasteiger partial charge < -0.3 is 9.30 Å². The number of esters is 1. The van der Waals surface area contributed by atoms with Gasteiger partial charge in [-0.15, -0.1) is 0 Å². The number of hydrogen-bond acceptors (Lipinski definition) is 5. The number of nitrogens with zero attached hydrogens (tertiary/aromatic N) is 3. The van der Waals surface area contributed by atoms with E-state index < -0.39 is 12.0 Å². The van der Waals surface area contributed by atoms with Crippen LogP contribution in [0.15, 0.2) is 129 Å². The highest BCUT2D eigenvalue weighted by Gasteiger charge is 2.35. The van der Waals surface area contributed by atoms with E-state index in [9.17, 15) is 9.59 Å². The Morgan fingerprint density at radius 2 is 1.70 bits per heavy atom. The third-order valence-electron chi connectivity index (χ3n) is 7.93. The van der Waals surface area contributed by atoms with Crippen LogP contribution >= 0.6 is 38.9 Å². The number of carbonyl (C=O) groups excluding carboxylic acids is 1. The Bertz CT molecular complexity index is 2300. The van der Waals surface area contributed by atoms with Crippen LogP contribution in [0, 0.1) is 0 Å². The third kappa shape index (κ3) is 5.68. The SMILES string of the molecule is CCOC(=O)C1=C(c2ccccc2)N=c2s/c(=C\c3cn(Cc4ccc(Br)cc4)c4ccccc34)c(=O)n2[C@@H]1c1ccc(Cl)cc1. The van der Waals surface area contributed by atoms with Crippen LogP contribution in [-0.4, -0.2) is 21.7 Å². The minimum Gasteiger partial charge on any atom is -0.463 e. The van der Waals surface area contributed by atoms with Crippen molar-refractivity contribution in [1.29, 1.82) is 0 Å². The molecule has 9 heteroatoms. The molecule has 1 atom stereocenters. The number of ether oxygens (including phenoxy) is 1. The Morgan fingerprint density at radius 3 is 2.43 bits per heavy atom. The second-order valence-electron chi connectivity index (χ2n) is 10.8. The number of thiazole rings is 1. The third-order valence-corrected chi connectivity index (χ3v) is 9.70. The minimum atomic E-state index is -0.760. The first-order chi connectivity index (χ1) is 22.4. The molecule has 228 valence electrons. The number of carbonyl (C=O) groups is 1. The summed E-state index contributed by atoms with van der Waals surface area (Å²) in [5.74, 6) is -0.518. The van der Waals surface area contributed by atoms with Crippen molar-refractivity contribution >= 4 is 67.5 Å². The molecule has 0 amide bonds. The van der Waals surface area contributed by atoms with Crippen molar-refractivity contribution in [3.8, 4) is 0 Å². The number of benzene rings is 4. The molecule has 0 spiro atoms. The van der Waals surface area contributed by atoms with E-state index in [4.69, 9.17) is 21.3 Å². The van der Waals surface area contributed by atoms with Crippen LogP contribution in [0.25, 0.3) is 22.7 Å². The summed E-state index contributed by atoms with van der Waals surface area (Å²) in [7, 11) is 0. The molecule has 3 heterocycles. The van der Waals surface area contributed by atoms with Gasteiger partial charge in [0.05, 0.1) is 28.5 Å². The summed E-state index contributed by atoms with van der Waals surface area (Å²) in [6.45, 7) is 2.63. The molecule has 0 N–H and O–H groups in total. The smallest absolute Gasteiger partial charge is 0.338 e. The zero-order valence-electron chi connectivity index (χ0n) is 24.7. The van der Waals surface area contributed by atoms with E-state index >= 15 is 0 Å². The van der Waals surface area contributed by atoms with Gasteiger partial charge in [-0.05, 0) is 54.5 Å². The Balaban J connectivity index is 1.44. The summed E-state index contributed by atoms with van der Waals surface area (Å²) in [5.41, 5.74) is 5.21. The molecule has 0 unspecified atom stereocenters. The number of hydrogen-bond donors (Lipinski definition) is 0. The number of rotatable bonds is 7. The van der Waals surface area contributed by atoms with Crippen LogP contribution < -0.4 is 14.9 Å². The quantitative estimate of drug-likeness (QED) is 0.163. The maximum absolute atomic E-state index is 14.4. The molecule has 0 saturated carbocycles. The zero-order chi connectivity index (χ0) is 31.8. The Kier molecular flexibility index (Phi) is 8.34. The molecule has 1 aliphatic rings. The number of fused-ring (bicyclic) bond motifs is 2. The van der Waals surface area contributed by atoms with Crippen molar-refractivity contribution in [2.45, 2.75) is 19.5 Å². The highest BCUT2D eigenvalue weighted by Crippen LogP contribution is 2.35. The van der Waals surface area contributed by atoms with E-state index in [0.29, 0.717) is 32.2 Å². The van der Waals surface area contributed by atoms with Crippen molar-refractivity contribution in [1.82, 2.24) is 9.13 Å². The first-order valence-electron chi connectivity index (χ1n) is 14.8. The molecule has 1 aliphatic heterocycles. The molecular weight excluding hydrogens is 682 g/mol. The molecule has 46 heavy (non-hydrogen) atoms. The second kappa shape index (κ2) is 12.7. The standard InChI is InChI=1S/C37H27BrClN3O3S/c1-2-45-36(44)32-33(24-8-4-3-5-9-24)40-37-42(34(32)25-14-18-28(39)19-15-25)35(43)31(46-37)20-26-22-41(30-11-7-6-10-29(26)30)21-23-12-16-27(38)17-13-23/h3-20,22,34H,2,21H2,1H3/b31-20-/t34-/m1/s1. The molecule has 0 aliphatic carbocycles. The molecule has 0 saturated heterocycles. The zero-order valence-corrected chi connectivity index (χ0v) is 27.9. The first-order valence-corrected chi connectivity index (χ1v) is 16.8. The monoisotopic (exact) mass is 707 g/mol. The van der Waals surface area contributed by atoms with Gasteiger partial charge in [0.2, 0.25) is 0 Å². The lowest BCUT2D eigenvalue weighted by atomic mass is 9.93. The summed E-state index contributed by atoms with van der Waals surface area (Å²) in [4.78, 5) is 33.5. The first kappa shape index (κ1) is 30.2. The van der Waals surface area contributed by atoms with Gasteiger partial charge in [0.1, 0.15) is 0 Å². The fourth-order valence-electron chi connectivity index (χ4n) is 5.85. The Hall–Kier alpha value is -4.50. The Labute approximate surface area is 282 Å². The van der Waals surface area contributed by atoms with Crippen LogP contribution in [0.3, 0.4) is 0 Å². The average Bonchev–Trinajstić information content (AvgIpc) is 3.58. The predicted octanol–water partition coefficient (Wildman–Crippen LogP) is 7.35. The maximum Gasteiger partial charge on any atom is 0.338 e. The second-order valence-corrected chi connectivity index (χ2v) is 13.2. The predicted molar refractivity (Wildman–Crippen MR) is 188 cm³/mol. The van der Waals surface area contributed by atoms with Gasteiger partial charge in [-0.3, -0.25) is 9.36 Å². The van der Waals surface area contributed by atoms with Crippen molar-refractivity contribution in [2.75, 3.05) is 6.61 Å². The molecule has 6 aromatic rings. The summed E-state index contributed by atoms with van der Waals surface area (Å²) < 4.78 is 10.9. The average molecular weight is 709 g/mol. The van der Waals surface area contributed by atoms with Gasteiger partial charge >= 0.3 is 5.97 Å². The van der Waals surface area contributed by atoms with Gasteiger partial charge in [-0.1, -0.05) is 112 Å². The van der Waals surface area contributed by atoms with Gasteiger partial charge in [-0.25, -0.2) is 9.79 Å². The number of aromatic nitrogens is 2. The lowest BCUT2D eigenvalue weighted by Gasteiger charge is -2.25. The van der Waals surface area contributed by atoms with E-state index in [0.717, 1.165) is 37.6 Å². The minimum absolute atomic E-state index is 0.187. The normalized spacial score (nSPS) is 14.8. The van der Waals surface area contributed by atoms with Gasteiger partial charge in [0, 0.05) is 44.3 Å². The van der Waals surface area contributed by atoms with E-state index in [2.05, 4.69) is 51.0 Å². The molecule has 4 aromatic carbocycles. The molecular formula is C37H27BrClN3O3S. The number of halogens is 2. The summed E-state index contributed by atoms with van der Waals surface area (Å²) >= 11 is 11.1. The fourth-order valence-corrected chi connectivity index (χ4v) is 7.23. The highest BCUT2D eigenvalue weighted by molar-refractivity contribution is 9.10. The van der Waals surface area contributed by atoms with Crippen molar-refractivity contribution in [3.63, 3.8) is 0 Å². The van der Waals surface area contributed by atoms with Gasteiger partial charge in [-0.2, -0.15) is 0 Å². The Morgan fingerprint density at radius 1 is 0.978 bits per heavy atom. The van der Waals surface area contributed by atoms with Crippen LogP contribution in [0.2, 0.25) is 5.02 Å². The lowest BCUT2D eigenvalue weighted by molar-refractivity contribution is -0.138. The van der Waals surface area contributed by atoms with E-state index in [1.54, 1.807) is 23.6 Å². The number of para-hydroxylation sites is 1. The van der Waals surface area contributed by atoms with Crippen molar-refractivity contribution in [2.24, 2.45) is 4.99 Å². The van der Waals surface area contributed by atoms with Crippen molar-refractivity contribution < 1.29 is 9.53 Å². The summed E-state index contributed by atoms with van der Waals surface area (Å²) in [5, 5.41) is 1.59. The molecule has 0 radical (unpaired) electrons. The van der Waals surface area contributed by atoms with Crippen LogP contribution in [0.4, 0.5) is 0 Å². The molecule has 0 bridgehead atoms. The molecule has 0 fully saturated rings. The topological polar surface area (TPSA) is 65.6 Å². The van der Waals surface area contributed by atoms with Crippen LogP contribution in [0.1, 0.15) is 35.2 Å². The molecule has 6 nitrogen and oxygen atoms in total. The van der Waals surface area contributed by atoms with Gasteiger partial charge in [0.15, 0.2) is 4.80 Å². The largest absolute Gasteiger partial charge is 0.463 e. The summed E-state index contributed by atoms with van der Waals surface area (Å²) in [6.07, 6.45) is 4.01. The maximum atomic E-state index is 14.4. The summed E-state index contributed by atoms with van der Waals surface area (Å²) in [6, 6.07) is 32.4. The lowest BCUT2D eigenvalue weighted by Crippen LogP contribution is -2.40. The van der Waals surface area contributed by atoms with E-state index in [-0.39, 0.29) is 12.2 Å². The van der Waals surface area contributed by atoms with Crippen LogP contribution in [-0.2, 0) is 16.1 Å². The molecule has 2 aromatic heterocycles. The highest BCUT2D eigenvalue weighted by atomic mass is 79.9. The van der Waals surface area contributed by atoms with E-state index in [1.807, 2.05) is 72.8 Å². The molecule has 7 rings (SSSR count). The van der Waals surface area contributed by atoms with Crippen LogP contribution in [0.5, 0.6) is 0 Å². The van der Waals surface area contributed by atoms with Gasteiger partial charge in [0.25, 0.3) is 5.56 Å².